The van der Waals surface area contributed by atoms with Crippen molar-refractivity contribution in [1.82, 2.24) is 4.90 Å². The predicted octanol–water partition coefficient (Wildman–Crippen LogP) is 5.42. The number of imide groups is 1. The van der Waals surface area contributed by atoms with Crippen LogP contribution in [0.15, 0.2) is 115 Å². The predicted molar refractivity (Wildman–Crippen MR) is 214 cm³/mol. The van der Waals surface area contributed by atoms with Gasteiger partial charge in [-0.2, -0.15) is 0 Å². The van der Waals surface area contributed by atoms with E-state index in [1.54, 1.807) is 24.3 Å². The van der Waals surface area contributed by atoms with E-state index in [9.17, 15) is 9.59 Å². The lowest BCUT2D eigenvalue weighted by Gasteiger charge is -2.36. The summed E-state index contributed by atoms with van der Waals surface area (Å²) >= 11 is 0. The third kappa shape index (κ3) is 13.9. The third-order valence-corrected chi connectivity index (χ3v) is 9.03. The zero-order valence-electron chi connectivity index (χ0n) is 32.6. The molecule has 0 unspecified atom stereocenters. The largest absolute Gasteiger partial charge is 0.377 e. The summed E-state index contributed by atoms with van der Waals surface area (Å²) in [6.45, 7) is 7.63. The van der Waals surface area contributed by atoms with Crippen LogP contribution < -0.4 is 0 Å². The van der Waals surface area contributed by atoms with Gasteiger partial charge in [0.1, 0.15) is 5.60 Å². The molecule has 4 aromatic rings. The van der Waals surface area contributed by atoms with Crippen LogP contribution in [0.1, 0.15) is 37.4 Å². The van der Waals surface area contributed by atoms with E-state index in [0.29, 0.717) is 117 Å². The number of nitrogens with zero attached hydrogens (tertiary/aromatic N) is 1. The van der Waals surface area contributed by atoms with Crippen molar-refractivity contribution in [2.45, 2.75) is 5.60 Å². The SMILES string of the molecule is O=C1c2ccccc2C(=O)N1CCOCCOCCOCCOCCOCCOCCOCCOCCOC(c1ccccc1)(c1ccccc1)c1ccccc1. The second-order valence-electron chi connectivity index (χ2n) is 12.8. The van der Waals surface area contributed by atoms with Crippen molar-refractivity contribution < 1.29 is 52.2 Å². The van der Waals surface area contributed by atoms with Crippen molar-refractivity contribution in [1.29, 1.82) is 0 Å². The molecule has 12 nitrogen and oxygen atoms in total. The van der Waals surface area contributed by atoms with Crippen LogP contribution in [0.3, 0.4) is 0 Å². The van der Waals surface area contributed by atoms with Crippen LogP contribution in [-0.2, 0) is 48.2 Å². The summed E-state index contributed by atoms with van der Waals surface area (Å²) in [5.41, 5.74) is 3.30. The molecular formula is C45H55NO11. The average Bonchev–Trinajstić information content (AvgIpc) is 3.50. The van der Waals surface area contributed by atoms with E-state index < -0.39 is 5.60 Å². The Hall–Kier alpha value is -4.34. The zero-order chi connectivity index (χ0) is 39.6. The van der Waals surface area contributed by atoms with Crippen molar-refractivity contribution in [2.24, 2.45) is 0 Å². The number of benzene rings is 4. The van der Waals surface area contributed by atoms with Gasteiger partial charge in [0.2, 0.25) is 0 Å². The van der Waals surface area contributed by atoms with E-state index in [1.165, 1.54) is 4.90 Å². The fourth-order valence-electron chi connectivity index (χ4n) is 6.26. The van der Waals surface area contributed by atoms with Crippen molar-refractivity contribution >= 4 is 11.8 Å². The third-order valence-electron chi connectivity index (χ3n) is 9.03. The van der Waals surface area contributed by atoms with Crippen molar-refractivity contribution in [3.63, 3.8) is 0 Å². The Balaban J connectivity index is 0.773. The van der Waals surface area contributed by atoms with Crippen LogP contribution in [0.5, 0.6) is 0 Å². The fourth-order valence-corrected chi connectivity index (χ4v) is 6.26. The quantitative estimate of drug-likeness (QED) is 0.0370. The summed E-state index contributed by atoms with van der Waals surface area (Å²) in [6, 6.07) is 37.7. The summed E-state index contributed by atoms with van der Waals surface area (Å²) in [6.07, 6.45) is 0. The Morgan fingerprint density at radius 2 is 0.596 bits per heavy atom. The van der Waals surface area contributed by atoms with Gasteiger partial charge in [-0.25, -0.2) is 0 Å². The van der Waals surface area contributed by atoms with Crippen LogP contribution in [0.4, 0.5) is 0 Å². The molecule has 0 aromatic heterocycles. The topological polar surface area (TPSA) is 120 Å². The number of fused-ring (bicyclic) bond motifs is 1. The van der Waals surface area contributed by atoms with Gasteiger partial charge >= 0.3 is 0 Å². The van der Waals surface area contributed by atoms with E-state index in [-0.39, 0.29) is 25.0 Å². The second kappa shape index (κ2) is 25.8. The van der Waals surface area contributed by atoms with Crippen LogP contribution in [0, 0.1) is 0 Å². The summed E-state index contributed by atoms with van der Waals surface area (Å²) < 4.78 is 51.4. The van der Waals surface area contributed by atoms with Crippen molar-refractivity contribution in [2.75, 3.05) is 119 Å². The molecule has 306 valence electrons. The maximum absolute atomic E-state index is 12.3. The molecule has 1 heterocycles. The van der Waals surface area contributed by atoms with E-state index in [4.69, 9.17) is 42.6 Å². The van der Waals surface area contributed by atoms with E-state index in [2.05, 4.69) is 36.4 Å². The number of rotatable bonds is 31. The lowest BCUT2D eigenvalue weighted by molar-refractivity contribution is -0.0398. The first-order valence-electron chi connectivity index (χ1n) is 19.6. The zero-order valence-corrected chi connectivity index (χ0v) is 32.6. The van der Waals surface area contributed by atoms with Gasteiger partial charge in [-0.15, -0.1) is 0 Å². The van der Waals surface area contributed by atoms with E-state index in [1.807, 2.05) is 54.6 Å². The summed E-state index contributed by atoms with van der Waals surface area (Å²) in [7, 11) is 0. The molecule has 0 N–H and O–H groups in total. The minimum Gasteiger partial charge on any atom is -0.377 e. The van der Waals surface area contributed by atoms with Crippen LogP contribution in [0.2, 0.25) is 0 Å². The molecule has 5 rings (SSSR count). The van der Waals surface area contributed by atoms with Crippen LogP contribution in [0.25, 0.3) is 0 Å². The molecule has 1 aliphatic rings. The highest BCUT2D eigenvalue weighted by atomic mass is 16.6. The average molecular weight is 786 g/mol. The van der Waals surface area contributed by atoms with Gasteiger partial charge in [0.15, 0.2) is 0 Å². The van der Waals surface area contributed by atoms with Crippen LogP contribution in [-0.4, -0.2) is 136 Å². The normalized spacial score (nSPS) is 12.7. The number of amides is 2. The standard InChI is InChI=1S/C45H55NO11/c47-43-41-18-10-11-19-42(41)44(48)46(43)20-21-49-22-23-50-24-25-51-26-27-52-28-29-53-30-31-54-32-33-55-34-35-56-36-37-57-45(38-12-4-1-5-13-38,39-14-6-2-7-15-39)40-16-8-3-9-17-40/h1-19H,20-37H2. The van der Waals surface area contributed by atoms with Crippen molar-refractivity contribution in [3.05, 3.63) is 143 Å². The maximum Gasteiger partial charge on any atom is 0.261 e. The highest BCUT2D eigenvalue weighted by Gasteiger charge is 2.37. The molecule has 0 saturated heterocycles. The molecule has 0 saturated carbocycles. The molecular weight excluding hydrogens is 730 g/mol. The van der Waals surface area contributed by atoms with E-state index >= 15 is 0 Å². The first-order valence-corrected chi connectivity index (χ1v) is 19.6. The Morgan fingerprint density at radius 3 is 0.912 bits per heavy atom. The highest BCUT2D eigenvalue weighted by Crippen LogP contribution is 2.40. The lowest BCUT2D eigenvalue weighted by Crippen LogP contribution is -2.34. The van der Waals surface area contributed by atoms with E-state index in [0.717, 1.165) is 16.7 Å². The Labute approximate surface area is 335 Å². The molecule has 1 aliphatic heterocycles. The number of carbonyl (C=O) groups is 2. The number of hydrogen-bond donors (Lipinski definition) is 0. The minimum atomic E-state index is -0.760. The number of carbonyl (C=O) groups excluding carboxylic acids is 2. The van der Waals surface area contributed by atoms with Gasteiger partial charge in [-0.05, 0) is 28.8 Å². The summed E-state index contributed by atoms with van der Waals surface area (Å²) in [4.78, 5) is 25.9. The molecule has 57 heavy (non-hydrogen) atoms. The van der Waals surface area contributed by atoms with Gasteiger partial charge in [0, 0.05) is 0 Å². The van der Waals surface area contributed by atoms with Gasteiger partial charge in [-0.3, -0.25) is 14.5 Å². The molecule has 0 atom stereocenters. The maximum atomic E-state index is 12.3. The van der Waals surface area contributed by atoms with Crippen LogP contribution >= 0.6 is 0 Å². The van der Waals surface area contributed by atoms with Gasteiger partial charge in [0.05, 0.1) is 130 Å². The van der Waals surface area contributed by atoms with Gasteiger partial charge in [0.25, 0.3) is 11.8 Å². The molecule has 0 spiro atoms. The van der Waals surface area contributed by atoms with Crippen molar-refractivity contribution in [3.8, 4) is 0 Å². The lowest BCUT2D eigenvalue weighted by atomic mass is 9.80. The number of hydrogen-bond acceptors (Lipinski definition) is 11. The highest BCUT2D eigenvalue weighted by molar-refractivity contribution is 6.21. The monoisotopic (exact) mass is 785 g/mol. The molecule has 4 aromatic carbocycles. The molecule has 2 amide bonds. The molecule has 12 heteroatoms. The van der Waals surface area contributed by atoms with Gasteiger partial charge in [-0.1, -0.05) is 103 Å². The minimum absolute atomic E-state index is 0.211. The first kappa shape index (κ1) is 43.8. The molecule has 0 bridgehead atoms. The second-order valence-corrected chi connectivity index (χ2v) is 12.8. The fraction of sp³-hybridized carbons (Fsp3) is 0.422. The number of ether oxygens (including phenoxy) is 9. The Morgan fingerprint density at radius 1 is 0.333 bits per heavy atom. The molecule has 0 aliphatic carbocycles. The first-order chi connectivity index (χ1) is 28.2. The molecule has 0 radical (unpaired) electrons. The summed E-state index contributed by atoms with van der Waals surface area (Å²) in [5.74, 6) is -0.557. The molecule has 0 fully saturated rings. The Bertz CT molecular complexity index is 1560. The summed E-state index contributed by atoms with van der Waals surface area (Å²) in [5, 5.41) is 0. The Kier molecular flexibility index (Phi) is 19.8. The smallest absolute Gasteiger partial charge is 0.261 e. The van der Waals surface area contributed by atoms with Gasteiger partial charge < -0.3 is 42.6 Å².